The van der Waals surface area contributed by atoms with Crippen LogP contribution in [0.3, 0.4) is 0 Å². The number of hydrogen-bond donors (Lipinski definition) is 2. The van der Waals surface area contributed by atoms with Crippen molar-refractivity contribution in [3.05, 3.63) is 22.8 Å². The molecule has 1 aromatic rings. The Morgan fingerprint density at radius 2 is 2.27 bits per heavy atom. The first-order chi connectivity index (χ1) is 10.5. The summed E-state index contributed by atoms with van der Waals surface area (Å²) in [5.74, 6) is 0.660. The Balaban J connectivity index is 2.02. The lowest BCUT2D eigenvalue weighted by atomic mass is 9.89. The fourth-order valence-corrected chi connectivity index (χ4v) is 3.20. The van der Waals surface area contributed by atoms with E-state index in [4.69, 9.17) is 22.1 Å². The molecule has 2 rings (SSSR count). The smallest absolute Gasteiger partial charge is 0.250 e. The number of carbonyl (C=O) groups is 1. The van der Waals surface area contributed by atoms with Crippen molar-refractivity contribution in [2.75, 3.05) is 11.9 Å². The van der Waals surface area contributed by atoms with Gasteiger partial charge in [0.15, 0.2) is 0 Å². The summed E-state index contributed by atoms with van der Waals surface area (Å²) in [6, 6.07) is 1.83. The number of amides is 1. The largest absolute Gasteiger partial charge is 0.378 e. The highest BCUT2D eigenvalue weighted by Crippen LogP contribution is 2.28. The molecule has 122 valence electrons. The number of carbonyl (C=O) groups excluding carboxylic acids is 1. The van der Waals surface area contributed by atoms with Gasteiger partial charge in [-0.15, -0.1) is 0 Å². The molecule has 0 radical (unpaired) electrons. The topological polar surface area (TPSA) is 77.2 Å². The van der Waals surface area contributed by atoms with E-state index in [1.807, 2.05) is 0 Å². The molecule has 22 heavy (non-hydrogen) atoms. The van der Waals surface area contributed by atoms with Gasteiger partial charge in [0.25, 0.3) is 0 Å². The molecule has 1 saturated heterocycles. The third kappa shape index (κ3) is 4.11. The molecule has 1 fully saturated rings. The fraction of sp³-hybridized carbons (Fsp3) is 0.625. The number of nitrogens with one attached hydrogen (secondary N) is 1. The first kappa shape index (κ1) is 17.0. The number of halogens is 1. The molecule has 1 aliphatic heterocycles. The van der Waals surface area contributed by atoms with Gasteiger partial charge in [-0.2, -0.15) is 0 Å². The van der Waals surface area contributed by atoms with Crippen molar-refractivity contribution in [2.45, 2.75) is 51.7 Å². The van der Waals surface area contributed by atoms with Crippen molar-refractivity contribution < 1.29 is 9.53 Å². The summed E-state index contributed by atoms with van der Waals surface area (Å²) in [7, 11) is 0. The highest BCUT2D eigenvalue weighted by Gasteiger charge is 2.28. The molecule has 0 saturated carbocycles. The molecular weight excluding hydrogens is 302 g/mol. The highest BCUT2D eigenvalue weighted by molar-refractivity contribution is 6.33. The zero-order valence-electron chi connectivity index (χ0n) is 13.1. The number of primary amides is 1. The average molecular weight is 326 g/mol. The van der Waals surface area contributed by atoms with E-state index < -0.39 is 5.91 Å². The third-order valence-corrected chi connectivity index (χ3v) is 4.64. The maximum Gasteiger partial charge on any atom is 0.250 e. The molecule has 3 N–H and O–H groups in total. The summed E-state index contributed by atoms with van der Waals surface area (Å²) in [4.78, 5) is 15.3. The normalized spacial score (nSPS) is 21.8. The molecule has 0 bridgehead atoms. The molecule has 6 heteroatoms. The van der Waals surface area contributed by atoms with E-state index in [-0.39, 0.29) is 12.1 Å². The van der Waals surface area contributed by atoms with E-state index in [1.165, 1.54) is 6.20 Å². The lowest BCUT2D eigenvalue weighted by Crippen LogP contribution is -2.38. The van der Waals surface area contributed by atoms with Crippen LogP contribution in [-0.4, -0.2) is 29.6 Å². The number of nitrogens with two attached hydrogens (primary N) is 1. The molecule has 5 nitrogen and oxygen atoms in total. The molecule has 2 heterocycles. The minimum absolute atomic E-state index is 0.281. The van der Waals surface area contributed by atoms with E-state index >= 15 is 0 Å². The molecule has 1 amide bonds. The van der Waals surface area contributed by atoms with E-state index in [0.717, 1.165) is 32.3 Å². The summed E-state index contributed by atoms with van der Waals surface area (Å²) >= 11 is 6.18. The number of hydrogen-bond acceptors (Lipinski definition) is 4. The van der Waals surface area contributed by atoms with Crippen LogP contribution in [0.1, 0.15) is 49.9 Å². The Kier molecular flexibility index (Phi) is 6.03. The van der Waals surface area contributed by atoms with Gasteiger partial charge in [-0.1, -0.05) is 38.3 Å². The van der Waals surface area contributed by atoms with E-state index in [2.05, 4.69) is 24.1 Å². The maximum absolute atomic E-state index is 11.1. The molecule has 2 atom stereocenters. The lowest BCUT2D eigenvalue weighted by molar-refractivity contribution is -0.0271. The molecule has 1 aliphatic rings. The number of anilines is 1. The Bertz CT molecular complexity index is 520. The lowest BCUT2D eigenvalue weighted by Gasteiger charge is -2.34. The van der Waals surface area contributed by atoms with Crippen LogP contribution in [-0.2, 0) is 4.74 Å². The third-order valence-electron chi connectivity index (χ3n) is 4.36. The quantitative estimate of drug-likeness (QED) is 0.841. The number of nitrogens with zero attached hydrogens (tertiary/aromatic N) is 1. The van der Waals surface area contributed by atoms with Crippen molar-refractivity contribution in [3.8, 4) is 0 Å². The second kappa shape index (κ2) is 7.79. The summed E-state index contributed by atoms with van der Waals surface area (Å²) in [5.41, 5.74) is 5.54. The molecule has 2 unspecified atom stereocenters. The summed E-state index contributed by atoms with van der Waals surface area (Å²) in [5, 5.41) is 3.79. The average Bonchev–Trinajstić information content (AvgIpc) is 2.51. The predicted molar refractivity (Wildman–Crippen MR) is 88.2 cm³/mol. The van der Waals surface area contributed by atoms with Gasteiger partial charge in [0.1, 0.15) is 5.82 Å². The van der Waals surface area contributed by atoms with Gasteiger partial charge >= 0.3 is 0 Å². The SMILES string of the molecule is CCC(CC)C1CC(Nc2ncc(C(N)=O)cc2Cl)CCO1. The van der Waals surface area contributed by atoms with Gasteiger partial charge in [0.2, 0.25) is 5.91 Å². The Morgan fingerprint density at radius 3 is 2.86 bits per heavy atom. The van der Waals surface area contributed by atoms with Gasteiger partial charge in [-0.05, 0) is 24.8 Å². The maximum atomic E-state index is 11.1. The van der Waals surface area contributed by atoms with E-state index in [0.29, 0.717) is 22.3 Å². The fourth-order valence-electron chi connectivity index (χ4n) is 2.97. The van der Waals surface area contributed by atoms with Crippen LogP contribution in [0.25, 0.3) is 0 Å². The predicted octanol–water partition coefficient (Wildman–Crippen LogP) is 3.23. The summed E-state index contributed by atoms with van der Waals surface area (Å²) < 4.78 is 5.92. The van der Waals surface area contributed by atoms with Crippen molar-refractivity contribution in [1.82, 2.24) is 4.98 Å². The molecule has 1 aromatic heterocycles. The van der Waals surface area contributed by atoms with Crippen molar-refractivity contribution >= 4 is 23.3 Å². The molecular formula is C16H24ClN3O2. The number of pyridine rings is 1. The molecule has 0 spiro atoms. The monoisotopic (exact) mass is 325 g/mol. The molecule has 0 aliphatic carbocycles. The zero-order valence-corrected chi connectivity index (χ0v) is 13.9. The first-order valence-electron chi connectivity index (χ1n) is 7.88. The number of rotatable bonds is 6. The Morgan fingerprint density at radius 1 is 1.55 bits per heavy atom. The van der Waals surface area contributed by atoms with Crippen LogP contribution >= 0.6 is 11.6 Å². The van der Waals surface area contributed by atoms with Crippen LogP contribution in [0, 0.1) is 5.92 Å². The van der Waals surface area contributed by atoms with Crippen molar-refractivity contribution in [2.24, 2.45) is 11.7 Å². The first-order valence-corrected chi connectivity index (χ1v) is 8.26. The van der Waals surface area contributed by atoms with Gasteiger partial charge in [0, 0.05) is 18.8 Å². The van der Waals surface area contributed by atoms with Gasteiger partial charge < -0.3 is 15.8 Å². The van der Waals surface area contributed by atoms with Crippen LogP contribution in [0.15, 0.2) is 12.3 Å². The second-order valence-electron chi connectivity index (χ2n) is 5.77. The van der Waals surface area contributed by atoms with Crippen molar-refractivity contribution in [1.29, 1.82) is 0 Å². The zero-order chi connectivity index (χ0) is 16.1. The molecule has 0 aromatic carbocycles. The second-order valence-corrected chi connectivity index (χ2v) is 6.18. The highest BCUT2D eigenvalue weighted by atomic mass is 35.5. The van der Waals surface area contributed by atoms with Gasteiger partial charge in [0.05, 0.1) is 16.7 Å². The van der Waals surface area contributed by atoms with Gasteiger partial charge in [-0.25, -0.2) is 4.98 Å². The Labute approximate surface area is 136 Å². The summed E-state index contributed by atoms with van der Waals surface area (Å²) in [6.07, 6.45) is 5.85. The van der Waals surface area contributed by atoms with Crippen LogP contribution in [0.5, 0.6) is 0 Å². The van der Waals surface area contributed by atoms with Crippen LogP contribution < -0.4 is 11.1 Å². The van der Waals surface area contributed by atoms with Crippen LogP contribution in [0.2, 0.25) is 5.02 Å². The summed E-state index contributed by atoms with van der Waals surface area (Å²) in [6.45, 7) is 5.15. The minimum Gasteiger partial charge on any atom is -0.378 e. The Hall–Kier alpha value is -1.33. The minimum atomic E-state index is -0.527. The van der Waals surface area contributed by atoms with Crippen LogP contribution in [0.4, 0.5) is 5.82 Å². The number of aromatic nitrogens is 1. The van der Waals surface area contributed by atoms with E-state index in [9.17, 15) is 4.79 Å². The number of ether oxygens (including phenoxy) is 1. The van der Waals surface area contributed by atoms with Gasteiger partial charge in [-0.3, -0.25) is 4.79 Å². The van der Waals surface area contributed by atoms with Crippen molar-refractivity contribution in [3.63, 3.8) is 0 Å². The standard InChI is InChI=1S/C16H24ClN3O2/c1-3-10(4-2)14-8-12(5-6-22-14)20-16-13(17)7-11(9-19-16)15(18)21/h7,9-10,12,14H,3-6,8H2,1-2H3,(H2,18,21)(H,19,20). The van der Waals surface area contributed by atoms with E-state index in [1.54, 1.807) is 6.07 Å².